The molecule has 6 heteroatoms. The average molecular weight is 207 g/mol. The Hall–Kier alpha value is -0.170. The van der Waals surface area contributed by atoms with Gasteiger partial charge < -0.3 is 11.5 Å². The summed E-state index contributed by atoms with van der Waals surface area (Å²) in [5, 5.41) is 0. The van der Waals surface area contributed by atoms with Gasteiger partial charge in [0.2, 0.25) is 10.0 Å². The molecule has 78 valence electrons. The van der Waals surface area contributed by atoms with Gasteiger partial charge in [0.1, 0.15) is 0 Å². The molecule has 0 aromatic rings. The Kier molecular flexibility index (Phi) is 3.28. The van der Waals surface area contributed by atoms with Crippen LogP contribution in [0.15, 0.2) is 0 Å². The fourth-order valence-corrected chi connectivity index (χ4v) is 3.76. The fourth-order valence-electron chi connectivity index (χ4n) is 1.64. The molecule has 0 bridgehead atoms. The van der Waals surface area contributed by atoms with Crippen LogP contribution in [-0.2, 0) is 10.0 Å². The molecular formula is C7H17N3O2S. The summed E-state index contributed by atoms with van der Waals surface area (Å²) in [6.45, 7) is 3.06. The van der Waals surface area contributed by atoms with Crippen molar-refractivity contribution in [3.63, 3.8) is 0 Å². The van der Waals surface area contributed by atoms with E-state index in [4.69, 9.17) is 11.5 Å². The lowest BCUT2D eigenvalue weighted by atomic mass is 10.2. The average Bonchev–Trinajstić information content (AvgIpc) is 2.28. The van der Waals surface area contributed by atoms with Gasteiger partial charge in [0.25, 0.3) is 0 Å². The van der Waals surface area contributed by atoms with Gasteiger partial charge in [-0.2, -0.15) is 4.31 Å². The highest BCUT2D eigenvalue weighted by molar-refractivity contribution is 7.89. The normalized spacial score (nSPS) is 28.5. The molecule has 13 heavy (non-hydrogen) atoms. The van der Waals surface area contributed by atoms with E-state index in [0.29, 0.717) is 19.6 Å². The predicted octanol–water partition coefficient (Wildman–Crippen LogP) is -1.45. The molecule has 4 N–H and O–H groups in total. The maximum Gasteiger partial charge on any atom is 0.214 e. The van der Waals surface area contributed by atoms with Crippen molar-refractivity contribution in [1.82, 2.24) is 4.31 Å². The Balaban J connectivity index is 2.80. The molecule has 0 aromatic heterocycles. The summed E-state index contributed by atoms with van der Waals surface area (Å²) in [7, 11) is -3.09. The minimum Gasteiger partial charge on any atom is -0.329 e. The molecule has 5 nitrogen and oxygen atoms in total. The topological polar surface area (TPSA) is 89.4 Å². The van der Waals surface area contributed by atoms with Crippen molar-refractivity contribution in [2.75, 3.05) is 25.4 Å². The van der Waals surface area contributed by atoms with E-state index in [9.17, 15) is 8.42 Å². The highest BCUT2D eigenvalue weighted by Crippen LogP contribution is 2.20. The van der Waals surface area contributed by atoms with Crippen LogP contribution >= 0.6 is 0 Å². The standard InChI is InChI=1S/C7H17N3O2S/c1-6-4-10(7(2-8)3-9)13(11,12)5-6/h6-7H,2-5,8-9H2,1H3. The van der Waals surface area contributed by atoms with Crippen molar-refractivity contribution in [3.05, 3.63) is 0 Å². The van der Waals surface area contributed by atoms with Gasteiger partial charge in [-0.3, -0.25) is 0 Å². The first-order valence-electron chi connectivity index (χ1n) is 4.41. The van der Waals surface area contributed by atoms with E-state index in [1.54, 1.807) is 0 Å². The summed E-state index contributed by atoms with van der Waals surface area (Å²) in [4.78, 5) is 0. The summed E-state index contributed by atoms with van der Waals surface area (Å²) in [6.07, 6.45) is 0. The zero-order chi connectivity index (χ0) is 10.1. The number of nitrogens with two attached hydrogens (primary N) is 2. The van der Waals surface area contributed by atoms with Gasteiger partial charge in [-0.25, -0.2) is 8.42 Å². The molecule has 0 spiro atoms. The molecule has 1 aliphatic rings. The first-order chi connectivity index (χ1) is 6.01. The zero-order valence-corrected chi connectivity index (χ0v) is 8.63. The molecule has 1 atom stereocenters. The first-order valence-corrected chi connectivity index (χ1v) is 6.02. The number of hydrogen-bond donors (Lipinski definition) is 2. The second kappa shape index (κ2) is 3.91. The maximum absolute atomic E-state index is 11.5. The van der Waals surface area contributed by atoms with E-state index in [2.05, 4.69) is 0 Å². The van der Waals surface area contributed by atoms with Crippen LogP contribution in [-0.4, -0.2) is 44.2 Å². The largest absolute Gasteiger partial charge is 0.329 e. The second-order valence-electron chi connectivity index (χ2n) is 3.58. The molecule has 0 saturated carbocycles. The van der Waals surface area contributed by atoms with Gasteiger partial charge in [0, 0.05) is 25.7 Å². The molecule has 1 fully saturated rings. The molecule has 0 amide bonds. The zero-order valence-electron chi connectivity index (χ0n) is 7.81. The van der Waals surface area contributed by atoms with E-state index in [1.807, 2.05) is 6.92 Å². The molecule has 1 saturated heterocycles. The van der Waals surface area contributed by atoms with E-state index in [-0.39, 0.29) is 17.7 Å². The van der Waals surface area contributed by atoms with Crippen LogP contribution in [0.1, 0.15) is 6.92 Å². The number of nitrogens with zero attached hydrogens (tertiary/aromatic N) is 1. The van der Waals surface area contributed by atoms with Crippen molar-refractivity contribution < 1.29 is 8.42 Å². The molecule has 1 heterocycles. The smallest absolute Gasteiger partial charge is 0.214 e. The minimum absolute atomic E-state index is 0.186. The monoisotopic (exact) mass is 207 g/mol. The molecule has 1 rings (SSSR count). The maximum atomic E-state index is 11.5. The molecule has 0 aliphatic carbocycles. The van der Waals surface area contributed by atoms with Gasteiger partial charge in [0.15, 0.2) is 0 Å². The van der Waals surface area contributed by atoms with Crippen LogP contribution in [0.4, 0.5) is 0 Å². The lowest BCUT2D eigenvalue weighted by Gasteiger charge is -2.23. The van der Waals surface area contributed by atoms with Crippen LogP contribution in [0.2, 0.25) is 0 Å². The Bertz CT molecular complexity index is 261. The van der Waals surface area contributed by atoms with Gasteiger partial charge >= 0.3 is 0 Å². The van der Waals surface area contributed by atoms with Crippen LogP contribution < -0.4 is 11.5 Å². The van der Waals surface area contributed by atoms with Crippen molar-refractivity contribution in [1.29, 1.82) is 0 Å². The summed E-state index contributed by atoms with van der Waals surface area (Å²) in [6, 6.07) is -0.227. The predicted molar refractivity (Wildman–Crippen MR) is 51.6 cm³/mol. The molecular weight excluding hydrogens is 190 g/mol. The van der Waals surface area contributed by atoms with Crippen LogP contribution in [0, 0.1) is 5.92 Å². The number of sulfonamides is 1. The van der Waals surface area contributed by atoms with Gasteiger partial charge in [-0.15, -0.1) is 0 Å². The summed E-state index contributed by atoms with van der Waals surface area (Å²) in [5.74, 6) is 0.411. The lowest BCUT2D eigenvalue weighted by Crippen LogP contribution is -2.46. The van der Waals surface area contributed by atoms with Gasteiger partial charge in [-0.1, -0.05) is 6.92 Å². The van der Waals surface area contributed by atoms with E-state index in [1.165, 1.54) is 4.31 Å². The van der Waals surface area contributed by atoms with E-state index < -0.39 is 10.0 Å². The highest BCUT2D eigenvalue weighted by Gasteiger charge is 2.37. The molecule has 1 aliphatic heterocycles. The summed E-state index contributed by atoms with van der Waals surface area (Å²) in [5.41, 5.74) is 10.9. The van der Waals surface area contributed by atoms with Crippen molar-refractivity contribution >= 4 is 10.0 Å². The molecule has 0 radical (unpaired) electrons. The highest BCUT2D eigenvalue weighted by atomic mass is 32.2. The van der Waals surface area contributed by atoms with Crippen molar-refractivity contribution in [3.8, 4) is 0 Å². The Labute approximate surface area is 79.1 Å². The van der Waals surface area contributed by atoms with Crippen LogP contribution in [0.3, 0.4) is 0 Å². The number of rotatable bonds is 3. The van der Waals surface area contributed by atoms with Gasteiger partial charge in [0.05, 0.1) is 5.75 Å². The molecule has 1 unspecified atom stereocenters. The van der Waals surface area contributed by atoms with Crippen LogP contribution in [0.5, 0.6) is 0 Å². The summed E-state index contributed by atoms with van der Waals surface area (Å²) < 4.78 is 24.5. The first kappa shape index (κ1) is 10.9. The Morgan fingerprint density at radius 1 is 1.46 bits per heavy atom. The lowest BCUT2D eigenvalue weighted by molar-refractivity contribution is 0.330. The second-order valence-corrected chi connectivity index (χ2v) is 5.54. The minimum atomic E-state index is -3.09. The quantitative estimate of drug-likeness (QED) is 0.593. The Morgan fingerprint density at radius 2 is 2.00 bits per heavy atom. The third-order valence-corrected chi connectivity index (χ3v) is 4.45. The van der Waals surface area contributed by atoms with Gasteiger partial charge in [-0.05, 0) is 5.92 Å². The van der Waals surface area contributed by atoms with Crippen molar-refractivity contribution in [2.24, 2.45) is 17.4 Å². The molecule has 0 aromatic carbocycles. The van der Waals surface area contributed by atoms with Crippen LogP contribution in [0.25, 0.3) is 0 Å². The third-order valence-electron chi connectivity index (χ3n) is 2.30. The Morgan fingerprint density at radius 3 is 2.31 bits per heavy atom. The van der Waals surface area contributed by atoms with E-state index in [0.717, 1.165) is 0 Å². The summed E-state index contributed by atoms with van der Waals surface area (Å²) >= 11 is 0. The van der Waals surface area contributed by atoms with E-state index >= 15 is 0 Å². The number of hydrogen-bond acceptors (Lipinski definition) is 4. The van der Waals surface area contributed by atoms with Crippen molar-refractivity contribution in [2.45, 2.75) is 13.0 Å². The fraction of sp³-hybridized carbons (Fsp3) is 1.00. The SMILES string of the molecule is CC1CN(C(CN)CN)S(=O)(=O)C1. The third kappa shape index (κ3) is 2.19.